The second kappa shape index (κ2) is 7.24. The van der Waals surface area contributed by atoms with Crippen LogP contribution < -0.4 is 5.73 Å². The van der Waals surface area contributed by atoms with Crippen LogP contribution in [0.25, 0.3) is 0 Å². The van der Waals surface area contributed by atoms with Gasteiger partial charge in [0, 0.05) is 28.1 Å². The molecule has 0 spiro atoms. The summed E-state index contributed by atoms with van der Waals surface area (Å²) in [6, 6.07) is 8.65. The predicted octanol–water partition coefficient (Wildman–Crippen LogP) is 4.10. The Balaban J connectivity index is 0.00000180. The minimum Gasteiger partial charge on any atom is -0.375 e. The summed E-state index contributed by atoms with van der Waals surface area (Å²) in [6.45, 7) is 3.06. The molecule has 104 valence electrons. The Bertz CT molecular complexity index is 532. The number of thiazole rings is 1. The molecule has 0 aliphatic carbocycles. The standard InChI is InChI=1S/C13H16BrN3S.ClH/c1-9(11-5-3-4-6-12(11)14)17(2)8-10-7-16-13(15)18-10;/h3-7,9H,8H2,1-2H3,(H2,15,16);1H. The van der Waals surface area contributed by atoms with Crippen LogP contribution in [0, 0.1) is 0 Å². The first kappa shape index (κ1) is 16.4. The van der Waals surface area contributed by atoms with Crippen molar-refractivity contribution < 1.29 is 0 Å². The summed E-state index contributed by atoms with van der Waals surface area (Å²) in [5.74, 6) is 0. The van der Waals surface area contributed by atoms with Gasteiger partial charge in [-0.25, -0.2) is 4.98 Å². The fraction of sp³-hybridized carbons (Fsp3) is 0.308. The molecule has 0 aliphatic heterocycles. The summed E-state index contributed by atoms with van der Waals surface area (Å²) in [5, 5.41) is 0.631. The van der Waals surface area contributed by atoms with Crippen molar-refractivity contribution in [3.05, 3.63) is 45.4 Å². The number of hydrogen-bond acceptors (Lipinski definition) is 4. The summed E-state index contributed by atoms with van der Waals surface area (Å²) in [4.78, 5) is 7.55. The van der Waals surface area contributed by atoms with Crippen molar-refractivity contribution in [2.75, 3.05) is 12.8 Å². The average Bonchev–Trinajstić information content (AvgIpc) is 2.74. The van der Waals surface area contributed by atoms with Crippen LogP contribution in [0.3, 0.4) is 0 Å². The first-order valence-corrected chi connectivity index (χ1v) is 7.33. The molecule has 2 rings (SSSR count). The van der Waals surface area contributed by atoms with Gasteiger partial charge in [0.05, 0.1) is 0 Å². The highest BCUT2D eigenvalue weighted by Crippen LogP contribution is 2.28. The van der Waals surface area contributed by atoms with E-state index in [1.165, 1.54) is 10.4 Å². The van der Waals surface area contributed by atoms with Crippen LogP contribution in [0.4, 0.5) is 5.13 Å². The number of nitrogens with zero attached hydrogens (tertiary/aromatic N) is 2. The lowest BCUT2D eigenvalue weighted by molar-refractivity contribution is 0.254. The summed E-state index contributed by atoms with van der Waals surface area (Å²) >= 11 is 5.14. The Hall–Kier alpha value is -0.620. The normalized spacial score (nSPS) is 12.2. The van der Waals surface area contributed by atoms with Crippen molar-refractivity contribution in [3.8, 4) is 0 Å². The van der Waals surface area contributed by atoms with E-state index in [2.05, 4.69) is 58.0 Å². The molecule has 2 N–H and O–H groups in total. The van der Waals surface area contributed by atoms with Crippen molar-refractivity contribution in [3.63, 3.8) is 0 Å². The van der Waals surface area contributed by atoms with E-state index in [0.29, 0.717) is 11.2 Å². The van der Waals surface area contributed by atoms with Gasteiger partial charge >= 0.3 is 0 Å². The molecule has 2 aromatic rings. The van der Waals surface area contributed by atoms with Gasteiger partial charge in [-0.05, 0) is 25.6 Å². The van der Waals surface area contributed by atoms with E-state index < -0.39 is 0 Å². The van der Waals surface area contributed by atoms with E-state index in [0.717, 1.165) is 11.0 Å². The van der Waals surface area contributed by atoms with Crippen molar-refractivity contribution in [1.82, 2.24) is 9.88 Å². The highest BCUT2D eigenvalue weighted by atomic mass is 79.9. The first-order valence-electron chi connectivity index (χ1n) is 5.72. The summed E-state index contributed by atoms with van der Waals surface area (Å²) in [7, 11) is 2.11. The molecule has 1 heterocycles. The van der Waals surface area contributed by atoms with E-state index in [1.54, 1.807) is 11.3 Å². The Kier molecular flexibility index (Phi) is 6.26. The lowest BCUT2D eigenvalue weighted by atomic mass is 10.1. The third-order valence-corrected chi connectivity index (χ3v) is 4.53. The van der Waals surface area contributed by atoms with E-state index in [4.69, 9.17) is 5.73 Å². The van der Waals surface area contributed by atoms with Gasteiger partial charge in [0.15, 0.2) is 5.13 Å². The third kappa shape index (κ3) is 4.18. The topological polar surface area (TPSA) is 42.2 Å². The van der Waals surface area contributed by atoms with Gasteiger partial charge in [0.2, 0.25) is 0 Å². The molecule has 0 bridgehead atoms. The van der Waals surface area contributed by atoms with Crippen molar-refractivity contribution in [2.45, 2.75) is 19.5 Å². The van der Waals surface area contributed by atoms with E-state index in [1.807, 2.05) is 12.3 Å². The van der Waals surface area contributed by atoms with Crippen LogP contribution in [-0.4, -0.2) is 16.9 Å². The number of benzene rings is 1. The van der Waals surface area contributed by atoms with Crippen LogP contribution in [0.15, 0.2) is 34.9 Å². The van der Waals surface area contributed by atoms with Gasteiger partial charge in [0.1, 0.15) is 0 Å². The molecule has 0 radical (unpaired) electrons. The maximum atomic E-state index is 5.65. The molecule has 0 aliphatic rings. The van der Waals surface area contributed by atoms with Gasteiger partial charge in [-0.1, -0.05) is 34.1 Å². The van der Waals surface area contributed by atoms with Crippen LogP contribution in [0.1, 0.15) is 23.4 Å². The number of hydrogen-bond donors (Lipinski definition) is 1. The van der Waals surface area contributed by atoms with Gasteiger partial charge in [-0.2, -0.15) is 0 Å². The van der Waals surface area contributed by atoms with E-state index in [-0.39, 0.29) is 12.4 Å². The highest BCUT2D eigenvalue weighted by molar-refractivity contribution is 9.10. The minimum absolute atomic E-state index is 0. The van der Waals surface area contributed by atoms with Crippen LogP contribution in [-0.2, 0) is 6.54 Å². The second-order valence-corrected chi connectivity index (χ2v) is 6.28. The predicted molar refractivity (Wildman–Crippen MR) is 87.8 cm³/mol. The first-order chi connectivity index (χ1) is 8.58. The molecule has 0 amide bonds. The zero-order valence-electron chi connectivity index (χ0n) is 10.8. The monoisotopic (exact) mass is 361 g/mol. The van der Waals surface area contributed by atoms with Gasteiger partial charge in [-0.15, -0.1) is 23.7 Å². The Labute approximate surface area is 132 Å². The van der Waals surface area contributed by atoms with Gasteiger partial charge in [-0.3, -0.25) is 4.90 Å². The minimum atomic E-state index is 0. The largest absolute Gasteiger partial charge is 0.375 e. The van der Waals surface area contributed by atoms with Crippen molar-refractivity contribution >= 4 is 44.8 Å². The maximum absolute atomic E-state index is 5.65. The summed E-state index contributed by atoms with van der Waals surface area (Å²) < 4.78 is 1.15. The Morgan fingerprint density at radius 3 is 2.68 bits per heavy atom. The SMILES string of the molecule is CC(c1ccccc1Br)N(C)Cc1cnc(N)s1.Cl. The molecule has 1 atom stereocenters. The second-order valence-electron chi connectivity index (χ2n) is 4.28. The average molecular weight is 363 g/mol. The van der Waals surface area contributed by atoms with Crippen LogP contribution in [0.5, 0.6) is 0 Å². The molecule has 1 aromatic heterocycles. The maximum Gasteiger partial charge on any atom is 0.180 e. The molecule has 0 saturated carbocycles. The third-order valence-electron chi connectivity index (χ3n) is 2.99. The number of anilines is 1. The smallest absolute Gasteiger partial charge is 0.180 e. The molecule has 19 heavy (non-hydrogen) atoms. The molecule has 1 unspecified atom stereocenters. The lowest BCUT2D eigenvalue weighted by Crippen LogP contribution is -2.21. The lowest BCUT2D eigenvalue weighted by Gasteiger charge is -2.25. The molecule has 0 fully saturated rings. The molecular weight excluding hydrogens is 346 g/mol. The van der Waals surface area contributed by atoms with Gasteiger partial charge in [0.25, 0.3) is 0 Å². The number of nitrogens with two attached hydrogens (primary N) is 1. The Morgan fingerprint density at radius 2 is 2.11 bits per heavy atom. The van der Waals surface area contributed by atoms with Crippen LogP contribution >= 0.6 is 39.7 Å². The number of aromatic nitrogens is 1. The molecule has 3 nitrogen and oxygen atoms in total. The van der Waals surface area contributed by atoms with Crippen molar-refractivity contribution in [2.24, 2.45) is 0 Å². The zero-order chi connectivity index (χ0) is 13.1. The number of nitrogen functional groups attached to an aromatic ring is 1. The Morgan fingerprint density at radius 1 is 1.42 bits per heavy atom. The van der Waals surface area contributed by atoms with E-state index >= 15 is 0 Å². The highest BCUT2D eigenvalue weighted by Gasteiger charge is 2.15. The van der Waals surface area contributed by atoms with Crippen LogP contribution in [0.2, 0.25) is 0 Å². The number of halogens is 2. The summed E-state index contributed by atoms with van der Waals surface area (Å²) in [6.07, 6.45) is 1.85. The molecule has 1 aromatic carbocycles. The van der Waals surface area contributed by atoms with E-state index in [9.17, 15) is 0 Å². The quantitative estimate of drug-likeness (QED) is 0.890. The number of rotatable bonds is 4. The molecule has 6 heteroatoms. The summed E-state index contributed by atoms with van der Waals surface area (Å²) in [5.41, 5.74) is 6.94. The van der Waals surface area contributed by atoms with Crippen molar-refractivity contribution in [1.29, 1.82) is 0 Å². The molecular formula is C13H17BrClN3S. The van der Waals surface area contributed by atoms with Gasteiger partial charge < -0.3 is 5.73 Å². The molecule has 0 saturated heterocycles. The fourth-order valence-corrected chi connectivity index (χ4v) is 3.19. The fourth-order valence-electron chi connectivity index (χ4n) is 1.83. The zero-order valence-corrected chi connectivity index (χ0v) is 14.1.